The zero-order valence-corrected chi connectivity index (χ0v) is 13.1. The van der Waals surface area contributed by atoms with Crippen LogP contribution in [0.1, 0.15) is 25.3 Å². The van der Waals surface area contributed by atoms with Crippen LogP contribution in [0.5, 0.6) is 0 Å². The van der Waals surface area contributed by atoms with Crippen LogP contribution in [-0.4, -0.2) is 35.6 Å². The van der Waals surface area contributed by atoms with E-state index in [1.54, 1.807) is 0 Å². The second-order valence-electron chi connectivity index (χ2n) is 4.51. The standard InChI is InChI=1S/C14H26N4S/c1-4-15-14(16-8-5-6-10-19-3)17-11-13-7-9-18(2)12-13/h7,9,12H,4-6,8,10-11H2,1-3H3,(H2,15,16,17). The van der Waals surface area contributed by atoms with Gasteiger partial charge in [-0.25, -0.2) is 4.99 Å². The number of hydrogen-bond acceptors (Lipinski definition) is 2. The van der Waals surface area contributed by atoms with Gasteiger partial charge in [-0.1, -0.05) is 0 Å². The Kier molecular flexibility index (Phi) is 8.21. The van der Waals surface area contributed by atoms with Crippen molar-refractivity contribution in [3.8, 4) is 0 Å². The third-order valence-corrected chi connectivity index (χ3v) is 3.42. The van der Waals surface area contributed by atoms with E-state index in [1.807, 2.05) is 29.6 Å². The maximum atomic E-state index is 4.59. The zero-order valence-electron chi connectivity index (χ0n) is 12.3. The minimum absolute atomic E-state index is 0.723. The Balaban J connectivity index is 2.33. The van der Waals surface area contributed by atoms with Crippen molar-refractivity contribution in [1.29, 1.82) is 0 Å². The van der Waals surface area contributed by atoms with Gasteiger partial charge in [0.05, 0.1) is 6.54 Å². The monoisotopic (exact) mass is 282 g/mol. The molecule has 1 aromatic rings. The Hall–Kier alpha value is -1.10. The summed E-state index contributed by atoms with van der Waals surface area (Å²) in [6.07, 6.45) is 8.75. The lowest BCUT2D eigenvalue weighted by atomic mass is 10.3. The maximum absolute atomic E-state index is 4.59. The van der Waals surface area contributed by atoms with E-state index >= 15 is 0 Å². The van der Waals surface area contributed by atoms with Crippen LogP contribution in [-0.2, 0) is 13.6 Å². The molecule has 0 aliphatic rings. The molecule has 0 amide bonds. The minimum Gasteiger partial charge on any atom is -0.357 e. The van der Waals surface area contributed by atoms with Crippen LogP contribution in [0.4, 0.5) is 0 Å². The molecule has 1 rings (SSSR count). The SMILES string of the molecule is CCNC(=NCc1ccn(C)c1)NCCCCSC. The minimum atomic E-state index is 0.723. The summed E-state index contributed by atoms with van der Waals surface area (Å²) < 4.78 is 2.05. The van der Waals surface area contributed by atoms with Crippen molar-refractivity contribution in [3.05, 3.63) is 24.0 Å². The number of unbranched alkanes of at least 4 members (excludes halogenated alkanes) is 1. The largest absolute Gasteiger partial charge is 0.357 e. The Bertz CT molecular complexity index is 373. The lowest BCUT2D eigenvalue weighted by Gasteiger charge is -2.10. The molecule has 1 aromatic heterocycles. The second-order valence-corrected chi connectivity index (χ2v) is 5.49. The van der Waals surface area contributed by atoms with Gasteiger partial charge in [0.1, 0.15) is 0 Å². The van der Waals surface area contributed by atoms with E-state index in [0.717, 1.165) is 25.6 Å². The van der Waals surface area contributed by atoms with Crippen LogP contribution in [0.25, 0.3) is 0 Å². The van der Waals surface area contributed by atoms with E-state index in [9.17, 15) is 0 Å². The Morgan fingerprint density at radius 3 is 2.84 bits per heavy atom. The van der Waals surface area contributed by atoms with E-state index in [1.165, 1.54) is 24.2 Å². The van der Waals surface area contributed by atoms with Gasteiger partial charge < -0.3 is 15.2 Å². The fourth-order valence-electron chi connectivity index (χ4n) is 1.74. The zero-order chi connectivity index (χ0) is 13.9. The van der Waals surface area contributed by atoms with Crippen LogP contribution in [0.15, 0.2) is 23.5 Å². The summed E-state index contributed by atoms with van der Waals surface area (Å²) in [6, 6.07) is 2.10. The van der Waals surface area contributed by atoms with Crippen molar-refractivity contribution in [1.82, 2.24) is 15.2 Å². The van der Waals surface area contributed by atoms with E-state index in [0.29, 0.717) is 0 Å². The van der Waals surface area contributed by atoms with Gasteiger partial charge in [-0.3, -0.25) is 0 Å². The smallest absolute Gasteiger partial charge is 0.191 e. The van der Waals surface area contributed by atoms with Crippen LogP contribution in [0, 0.1) is 0 Å². The van der Waals surface area contributed by atoms with Crippen LogP contribution in [0.2, 0.25) is 0 Å². The van der Waals surface area contributed by atoms with E-state index in [2.05, 4.69) is 41.1 Å². The third-order valence-electron chi connectivity index (χ3n) is 2.72. The highest BCUT2D eigenvalue weighted by Gasteiger charge is 1.98. The van der Waals surface area contributed by atoms with Crippen LogP contribution < -0.4 is 10.6 Å². The van der Waals surface area contributed by atoms with Gasteiger partial charge in [0, 0.05) is 32.5 Å². The lowest BCUT2D eigenvalue weighted by Crippen LogP contribution is -2.37. The molecule has 0 aliphatic heterocycles. The van der Waals surface area contributed by atoms with Crippen molar-refractivity contribution in [2.45, 2.75) is 26.3 Å². The van der Waals surface area contributed by atoms with Crippen molar-refractivity contribution >= 4 is 17.7 Å². The average molecular weight is 282 g/mol. The van der Waals surface area contributed by atoms with E-state index in [-0.39, 0.29) is 0 Å². The molecule has 0 fully saturated rings. The molecule has 4 nitrogen and oxygen atoms in total. The number of aliphatic imine (C=N–C) groups is 1. The quantitative estimate of drug-likeness (QED) is 0.436. The molecule has 0 aromatic carbocycles. The van der Waals surface area contributed by atoms with Crippen LogP contribution in [0.3, 0.4) is 0 Å². The number of hydrogen-bond donors (Lipinski definition) is 2. The molecule has 19 heavy (non-hydrogen) atoms. The van der Waals surface area contributed by atoms with Gasteiger partial charge in [-0.15, -0.1) is 0 Å². The first kappa shape index (κ1) is 16.0. The van der Waals surface area contributed by atoms with Crippen molar-refractivity contribution in [2.24, 2.45) is 12.0 Å². The molecule has 0 saturated carbocycles. The van der Waals surface area contributed by atoms with Crippen molar-refractivity contribution in [2.75, 3.05) is 25.1 Å². The predicted molar refractivity (Wildman–Crippen MR) is 85.8 cm³/mol. The molecule has 0 aliphatic carbocycles. The van der Waals surface area contributed by atoms with Gasteiger partial charge in [0.25, 0.3) is 0 Å². The second kappa shape index (κ2) is 9.78. The molecule has 0 bridgehead atoms. The summed E-state index contributed by atoms with van der Waals surface area (Å²) >= 11 is 1.90. The number of nitrogens with one attached hydrogen (secondary N) is 2. The molecule has 0 unspecified atom stereocenters. The molecule has 108 valence electrons. The normalized spacial score (nSPS) is 11.6. The first-order valence-corrected chi connectivity index (χ1v) is 8.27. The number of thioether (sulfide) groups is 1. The molecule has 0 radical (unpaired) electrons. The molecule has 1 heterocycles. The Labute approximate surface area is 121 Å². The average Bonchev–Trinajstić information content (AvgIpc) is 2.81. The van der Waals surface area contributed by atoms with Crippen LogP contribution >= 0.6 is 11.8 Å². The molecular weight excluding hydrogens is 256 g/mol. The number of guanidine groups is 1. The number of rotatable bonds is 8. The lowest BCUT2D eigenvalue weighted by molar-refractivity contribution is 0.734. The van der Waals surface area contributed by atoms with Gasteiger partial charge >= 0.3 is 0 Å². The highest BCUT2D eigenvalue weighted by Crippen LogP contribution is 2.01. The molecular formula is C14H26N4S. The topological polar surface area (TPSA) is 41.4 Å². The first-order chi connectivity index (χ1) is 9.26. The summed E-state index contributed by atoms with van der Waals surface area (Å²) in [6.45, 7) is 4.70. The highest BCUT2D eigenvalue weighted by molar-refractivity contribution is 7.98. The van der Waals surface area contributed by atoms with Gasteiger partial charge in [0.15, 0.2) is 5.96 Å². The fourth-order valence-corrected chi connectivity index (χ4v) is 2.24. The number of aromatic nitrogens is 1. The number of aryl methyl sites for hydroxylation is 1. The summed E-state index contributed by atoms with van der Waals surface area (Å²) in [5.74, 6) is 2.15. The van der Waals surface area contributed by atoms with Crippen molar-refractivity contribution < 1.29 is 0 Å². The molecule has 5 heteroatoms. The summed E-state index contributed by atoms with van der Waals surface area (Å²) in [5, 5.41) is 6.66. The number of nitrogens with zero attached hydrogens (tertiary/aromatic N) is 2. The fraction of sp³-hybridized carbons (Fsp3) is 0.643. The Morgan fingerprint density at radius 2 is 2.21 bits per heavy atom. The summed E-state index contributed by atoms with van der Waals surface area (Å²) in [4.78, 5) is 4.59. The third kappa shape index (κ3) is 7.15. The van der Waals surface area contributed by atoms with Gasteiger partial charge in [0.2, 0.25) is 0 Å². The Morgan fingerprint density at radius 1 is 1.37 bits per heavy atom. The maximum Gasteiger partial charge on any atom is 0.191 e. The summed E-state index contributed by atoms with van der Waals surface area (Å²) in [5.41, 5.74) is 1.24. The van der Waals surface area contributed by atoms with Gasteiger partial charge in [-0.05, 0) is 43.4 Å². The van der Waals surface area contributed by atoms with Gasteiger partial charge in [-0.2, -0.15) is 11.8 Å². The van der Waals surface area contributed by atoms with Crippen molar-refractivity contribution in [3.63, 3.8) is 0 Å². The predicted octanol–water partition coefficient (Wildman–Crippen LogP) is 2.22. The summed E-state index contributed by atoms with van der Waals surface area (Å²) in [7, 11) is 2.03. The molecule has 2 N–H and O–H groups in total. The van der Waals surface area contributed by atoms with E-state index < -0.39 is 0 Å². The molecule has 0 atom stereocenters. The molecule has 0 saturated heterocycles. The van der Waals surface area contributed by atoms with E-state index in [4.69, 9.17) is 0 Å². The first-order valence-electron chi connectivity index (χ1n) is 6.88. The highest BCUT2D eigenvalue weighted by atomic mass is 32.2. The molecule has 0 spiro atoms.